The third-order valence-electron chi connectivity index (χ3n) is 3.41. The lowest BCUT2D eigenvalue weighted by Gasteiger charge is -2.20. The van der Waals surface area contributed by atoms with Gasteiger partial charge in [0, 0.05) is 7.05 Å². The molecule has 0 saturated carbocycles. The number of hydrogen-bond donors (Lipinski definition) is 0. The summed E-state index contributed by atoms with van der Waals surface area (Å²) in [6.45, 7) is 1.97. The van der Waals surface area contributed by atoms with Gasteiger partial charge >= 0.3 is 0 Å². The van der Waals surface area contributed by atoms with Crippen LogP contribution in [0.3, 0.4) is 0 Å². The number of benzene rings is 2. The van der Waals surface area contributed by atoms with Crippen molar-refractivity contribution in [3.8, 4) is 5.75 Å². The van der Waals surface area contributed by atoms with E-state index in [0.29, 0.717) is 17.9 Å². The van der Waals surface area contributed by atoms with Crippen LogP contribution in [0.25, 0.3) is 0 Å². The molecule has 4 nitrogen and oxygen atoms in total. The minimum atomic E-state index is -3.57. The molecular formula is C16H19NO3S. The molecule has 0 heterocycles. The van der Waals surface area contributed by atoms with Crippen LogP contribution in [0.5, 0.6) is 5.75 Å². The molecule has 21 heavy (non-hydrogen) atoms. The lowest BCUT2D eigenvalue weighted by molar-refractivity contribution is 0.409. The topological polar surface area (TPSA) is 46.6 Å². The average molecular weight is 305 g/mol. The van der Waals surface area contributed by atoms with Gasteiger partial charge in [-0.15, -0.1) is 0 Å². The standard InChI is InChI=1S/C16H19NO3S/c1-4-13-12-15(10-11-16(13)20-3)21(18,19)17(2)14-8-6-5-7-9-14/h5-12H,4H2,1-3H3. The summed E-state index contributed by atoms with van der Waals surface area (Å²) in [4.78, 5) is 0.270. The molecule has 0 spiro atoms. The van der Waals surface area contributed by atoms with Gasteiger partial charge in [0.2, 0.25) is 0 Å². The molecule has 0 unspecified atom stereocenters. The van der Waals surface area contributed by atoms with Crippen molar-refractivity contribution >= 4 is 15.7 Å². The summed E-state index contributed by atoms with van der Waals surface area (Å²) in [5, 5.41) is 0. The first-order valence-corrected chi connectivity index (χ1v) is 8.15. The molecule has 2 aromatic rings. The van der Waals surface area contributed by atoms with Crippen LogP contribution in [0.15, 0.2) is 53.4 Å². The van der Waals surface area contributed by atoms with Gasteiger partial charge in [-0.3, -0.25) is 4.31 Å². The fourth-order valence-electron chi connectivity index (χ4n) is 2.13. The van der Waals surface area contributed by atoms with Gasteiger partial charge in [0.25, 0.3) is 10.0 Å². The van der Waals surface area contributed by atoms with Crippen LogP contribution in [-0.4, -0.2) is 22.6 Å². The Bertz CT molecular complexity index is 712. The maximum absolute atomic E-state index is 12.7. The minimum Gasteiger partial charge on any atom is -0.496 e. The van der Waals surface area contributed by atoms with Gasteiger partial charge in [-0.2, -0.15) is 0 Å². The van der Waals surface area contributed by atoms with Crippen LogP contribution < -0.4 is 9.04 Å². The highest BCUT2D eigenvalue weighted by molar-refractivity contribution is 7.92. The number of anilines is 1. The largest absolute Gasteiger partial charge is 0.496 e. The zero-order valence-electron chi connectivity index (χ0n) is 12.4. The predicted molar refractivity (Wildman–Crippen MR) is 84.4 cm³/mol. The van der Waals surface area contributed by atoms with E-state index >= 15 is 0 Å². The highest BCUT2D eigenvalue weighted by atomic mass is 32.2. The highest BCUT2D eigenvalue weighted by Gasteiger charge is 2.22. The Hall–Kier alpha value is -2.01. The zero-order valence-corrected chi connectivity index (χ0v) is 13.2. The average Bonchev–Trinajstić information content (AvgIpc) is 2.54. The van der Waals surface area contributed by atoms with Crippen LogP contribution in [0.4, 0.5) is 5.69 Å². The molecule has 0 bridgehead atoms. The Kier molecular flexibility index (Phi) is 4.53. The summed E-state index contributed by atoms with van der Waals surface area (Å²) in [6.07, 6.45) is 0.710. The van der Waals surface area contributed by atoms with Gasteiger partial charge in [-0.1, -0.05) is 25.1 Å². The maximum atomic E-state index is 12.7. The lowest BCUT2D eigenvalue weighted by Crippen LogP contribution is -2.26. The number of sulfonamides is 1. The summed E-state index contributed by atoms with van der Waals surface area (Å²) in [5.41, 5.74) is 1.51. The Morgan fingerprint density at radius 2 is 1.76 bits per heavy atom. The van der Waals surface area contributed by atoms with Crippen molar-refractivity contribution in [1.29, 1.82) is 0 Å². The van der Waals surface area contributed by atoms with E-state index in [2.05, 4.69) is 0 Å². The second-order valence-electron chi connectivity index (χ2n) is 4.64. The monoisotopic (exact) mass is 305 g/mol. The molecule has 0 aromatic heterocycles. The van der Waals surface area contributed by atoms with Crippen molar-refractivity contribution < 1.29 is 13.2 Å². The third kappa shape index (κ3) is 3.03. The number of hydrogen-bond acceptors (Lipinski definition) is 3. The van der Waals surface area contributed by atoms with Gasteiger partial charge in [0.15, 0.2) is 0 Å². The normalized spacial score (nSPS) is 11.2. The summed E-state index contributed by atoms with van der Waals surface area (Å²) in [6, 6.07) is 14.0. The summed E-state index contributed by atoms with van der Waals surface area (Å²) in [5.74, 6) is 0.707. The second kappa shape index (κ2) is 6.18. The van der Waals surface area contributed by atoms with E-state index in [1.807, 2.05) is 25.1 Å². The number of para-hydroxylation sites is 1. The number of aryl methyl sites for hydroxylation is 1. The van der Waals surface area contributed by atoms with Crippen LogP contribution in [-0.2, 0) is 16.4 Å². The first-order valence-electron chi connectivity index (χ1n) is 6.71. The van der Waals surface area contributed by atoms with Crippen LogP contribution in [0.2, 0.25) is 0 Å². The number of ether oxygens (including phenoxy) is 1. The van der Waals surface area contributed by atoms with Crippen molar-refractivity contribution in [2.45, 2.75) is 18.2 Å². The summed E-state index contributed by atoms with van der Waals surface area (Å²) in [7, 11) is -0.434. The minimum absolute atomic E-state index is 0.270. The van der Waals surface area contributed by atoms with Crippen LogP contribution >= 0.6 is 0 Å². The SMILES string of the molecule is CCc1cc(S(=O)(=O)N(C)c2ccccc2)ccc1OC. The Balaban J connectivity index is 2.45. The molecule has 0 N–H and O–H groups in total. The predicted octanol–water partition coefficient (Wildman–Crippen LogP) is 3.08. The van der Waals surface area contributed by atoms with Gasteiger partial charge < -0.3 is 4.74 Å². The smallest absolute Gasteiger partial charge is 0.264 e. The Morgan fingerprint density at radius 1 is 1.10 bits per heavy atom. The molecule has 0 radical (unpaired) electrons. The molecule has 0 aliphatic heterocycles. The highest BCUT2D eigenvalue weighted by Crippen LogP contribution is 2.26. The molecule has 112 valence electrons. The number of nitrogens with zero attached hydrogens (tertiary/aromatic N) is 1. The van der Waals surface area contributed by atoms with Gasteiger partial charge in [-0.05, 0) is 42.3 Å². The molecule has 2 aromatic carbocycles. The van der Waals surface area contributed by atoms with Gasteiger partial charge in [0.05, 0.1) is 17.7 Å². The van der Waals surface area contributed by atoms with Gasteiger partial charge in [-0.25, -0.2) is 8.42 Å². The quantitative estimate of drug-likeness (QED) is 0.853. The summed E-state index contributed by atoms with van der Waals surface area (Å²) < 4.78 is 31.9. The van der Waals surface area contributed by atoms with E-state index in [9.17, 15) is 8.42 Å². The molecule has 0 aliphatic rings. The molecule has 0 saturated heterocycles. The van der Waals surface area contributed by atoms with Crippen molar-refractivity contribution in [2.24, 2.45) is 0 Å². The fraction of sp³-hybridized carbons (Fsp3) is 0.250. The van der Waals surface area contributed by atoms with Crippen molar-refractivity contribution in [2.75, 3.05) is 18.5 Å². The van der Waals surface area contributed by atoms with E-state index in [4.69, 9.17) is 4.74 Å². The van der Waals surface area contributed by atoms with E-state index in [1.54, 1.807) is 44.5 Å². The Morgan fingerprint density at radius 3 is 2.33 bits per heavy atom. The third-order valence-corrected chi connectivity index (χ3v) is 5.19. The van der Waals surface area contributed by atoms with Crippen molar-refractivity contribution in [3.63, 3.8) is 0 Å². The molecule has 0 atom stereocenters. The molecule has 0 aliphatic carbocycles. The van der Waals surface area contributed by atoms with Crippen molar-refractivity contribution in [3.05, 3.63) is 54.1 Å². The van der Waals surface area contributed by atoms with E-state index in [0.717, 1.165) is 5.56 Å². The van der Waals surface area contributed by atoms with Crippen LogP contribution in [0, 0.1) is 0 Å². The van der Waals surface area contributed by atoms with Crippen molar-refractivity contribution in [1.82, 2.24) is 0 Å². The van der Waals surface area contributed by atoms with Gasteiger partial charge in [0.1, 0.15) is 5.75 Å². The maximum Gasteiger partial charge on any atom is 0.264 e. The fourth-order valence-corrected chi connectivity index (χ4v) is 3.37. The molecule has 2 rings (SSSR count). The lowest BCUT2D eigenvalue weighted by atomic mass is 10.1. The first-order chi connectivity index (χ1) is 10.0. The first kappa shape index (κ1) is 15.4. The molecule has 0 amide bonds. The van der Waals surface area contributed by atoms with E-state index in [1.165, 1.54) is 4.31 Å². The number of rotatable bonds is 5. The molecule has 5 heteroatoms. The van der Waals surface area contributed by atoms with Crippen LogP contribution in [0.1, 0.15) is 12.5 Å². The number of methoxy groups -OCH3 is 1. The zero-order chi connectivity index (χ0) is 15.5. The Labute approximate surface area is 126 Å². The molecule has 0 fully saturated rings. The van der Waals surface area contributed by atoms with E-state index in [-0.39, 0.29) is 4.90 Å². The van der Waals surface area contributed by atoms with E-state index < -0.39 is 10.0 Å². The summed E-state index contributed by atoms with van der Waals surface area (Å²) >= 11 is 0. The molecular weight excluding hydrogens is 286 g/mol. The second-order valence-corrected chi connectivity index (χ2v) is 6.60.